The van der Waals surface area contributed by atoms with E-state index in [-0.39, 0.29) is 23.8 Å². The Hall–Kier alpha value is -1.44. The number of nitrogens with two attached hydrogens (primary N) is 1. The minimum absolute atomic E-state index is 0.0727. The van der Waals surface area contributed by atoms with Gasteiger partial charge in [-0.15, -0.1) is 0 Å². The van der Waals surface area contributed by atoms with Gasteiger partial charge in [-0.1, -0.05) is 19.1 Å². The average Bonchev–Trinajstić information content (AvgIpc) is 2.38. The van der Waals surface area contributed by atoms with Crippen LogP contribution in [0.1, 0.15) is 31.9 Å². The molecule has 0 heterocycles. The molecule has 0 aliphatic heterocycles. The summed E-state index contributed by atoms with van der Waals surface area (Å²) in [7, 11) is 1.93. The molecule has 0 saturated carbocycles. The topological polar surface area (TPSA) is 53.0 Å². The Morgan fingerprint density at radius 1 is 1.47 bits per heavy atom. The Balaban J connectivity index is 2.98. The van der Waals surface area contributed by atoms with Crippen molar-refractivity contribution in [1.29, 1.82) is 5.26 Å². The Labute approximate surface area is 114 Å². The minimum atomic E-state index is -0.257. The lowest BCUT2D eigenvalue weighted by Gasteiger charge is -2.33. The van der Waals surface area contributed by atoms with Crippen molar-refractivity contribution in [3.63, 3.8) is 0 Å². The standard InChI is InChI=1S/C15H22FN3/c1-4-14(18)15(19(3)10-11(2)9-17)12-6-5-7-13(16)8-12/h5-8,11,14-15H,4,10,18H2,1-3H3. The van der Waals surface area contributed by atoms with Crippen molar-refractivity contribution in [2.75, 3.05) is 13.6 Å². The second-order valence-corrected chi connectivity index (χ2v) is 5.04. The molecular weight excluding hydrogens is 241 g/mol. The van der Waals surface area contributed by atoms with E-state index in [9.17, 15) is 4.39 Å². The minimum Gasteiger partial charge on any atom is -0.326 e. The molecule has 1 aromatic carbocycles. The van der Waals surface area contributed by atoms with Crippen LogP contribution < -0.4 is 5.73 Å². The summed E-state index contributed by atoms with van der Waals surface area (Å²) < 4.78 is 13.4. The van der Waals surface area contributed by atoms with Crippen LogP contribution in [-0.2, 0) is 0 Å². The fraction of sp³-hybridized carbons (Fsp3) is 0.533. The van der Waals surface area contributed by atoms with Gasteiger partial charge in [0.15, 0.2) is 0 Å². The van der Waals surface area contributed by atoms with Gasteiger partial charge in [0, 0.05) is 18.6 Å². The Morgan fingerprint density at radius 3 is 2.68 bits per heavy atom. The van der Waals surface area contributed by atoms with Crippen LogP contribution in [0.4, 0.5) is 4.39 Å². The Bertz CT molecular complexity index is 441. The predicted octanol–water partition coefficient (Wildman–Crippen LogP) is 2.70. The Morgan fingerprint density at radius 2 is 2.16 bits per heavy atom. The molecule has 0 spiro atoms. The largest absolute Gasteiger partial charge is 0.326 e. The molecule has 0 fully saturated rings. The zero-order chi connectivity index (χ0) is 14.4. The highest BCUT2D eigenvalue weighted by atomic mass is 19.1. The van der Waals surface area contributed by atoms with Crippen LogP contribution in [0.25, 0.3) is 0 Å². The molecule has 19 heavy (non-hydrogen) atoms. The van der Waals surface area contributed by atoms with Gasteiger partial charge in [0.1, 0.15) is 5.82 Å². The summed E-state index contributed by atoms with van der Waals surface area (Å²) in [4.78, 5) is 2.04. The van der Waals surface area contributed by atoms with E-state index < -0.39 is 0 Å². The van der Waals surface area contributed by atoms with Gasteiger partial charge in [-0.05, 0) is 38.1 Å². The number of benzene rings is 1. The van der Waals surface area contributed by atoms with Gasteiger partial charge >= 0.3 is 0 Å². The number of rotatable bonds is 6. The molecule has 0 bridgehead atoms. The molecule has 2 N–H and O–H groups in total. The molecule has 1 aromatic rings. The van der Waals surface area contributed by atoms with Crippen LogP contribution in [0.5, 0.6) is 0 Å². The second kappa shape index (κ2) is 7.22. The SMILES string of the molecule is CCC(N)C(c1cccc(F)c1)N(C)CC(C)C#N. The van der Waals surface area contributed by atoms with E-state index in [1.54, 1.807) is 6.07 Å². The lowest BCUT2D eigenvalue weighted by molar-refractivity contribution is 0.196. The van der Waals surface area contributed by atoms with Crippen LogP contribution in [0, 0.1) is 23.1 Å². The third-order valence-corrected chi connectivity index (χ3v) is 3.32. The van der Waals surface area contributed by atoms with Gasteiger partial charge in [-0.3, -0.25) is 4.90 Å². The highest BCUT2D eigenvalue weighted by Gasteiger charge is 2.24. The van der Waals surface area contributed by atoms with Crippen LogP contribution in [-0.4, -0.2) is 24.5 Å². The van der Waals surface area contributed by atoms with Gasteiger partial charge in [-0.25, -0.2) is 4.39 Å². The molecular formula is C15H22FN3. The van der Waals surface area contributed by atoms with E-state index in [0.29, 0.717) is 6.54 Å². The van der Waals surface area contributed by atoms with Gasteiger partial charge in [0.2, 0.25) is 0 Å². The van der Waals surface area contributed by atoms with E-state index >= 15 is 0 Å². The molecule has 0 amide bonds. The van der Waals surface area contributed by atoms with Gasteiger partial charge in [0.25, 0.3) is 0 Å². The molecule has 3 atom stereocenters. The third kappa shape index (κ3) is 4.30. The molecule has 0 saturated heterocycles. The number of nitrogens with zero attached hydrogens (tertiary/aromatic N) is 2. The second-order valence-electron chi connectivity index (χ2n) is 5.04. The van der Waals surface area contributed by atoms with Crippen LogP contribution >= 0.6 is 0 Å². The van der Waals surface area contributed by atoms with E-state index in [2.05, 4.69) is 6.07 Å². The summed E-state index contributed by atoms with van der Waals surface area (Å²) >= 11 is 0. The van der Waals surface area contributed by atoms with Crippen molar-refractivity contribution in [2.24, 2.45) is 11.7 Å². The summed E-state index contributed by atoms with van der Waals surface area (Å²) in [5.74, 6) is -0.336. The zero-order valence-corrected chi connectivity index (χ0v) is 11.8. The summed E-state index contributed by atoms with van der Waals surface area (Å²) in [5, 5.41) is 8.91. The van der Waals surface area contributed by atoms with Crippen molar-refractivity contribution in [3.8, 4) is 6.07 Å². The fourth-order valence-corrected chi connectivity index (χ4v) is 2.33. The fourth-order valence-electron chi connectivity index (χ4n) is 2.33. The highest BCUT2D eigenvalue weighted by Crippen LogP contribution is 2.25. The summed E-state index contributed by atoms with van der Waals surface area (Å²) in [5.41, 5.74) is 7.03. The zero-order valence-electron chi connectivity index (χ0n) is 11.8. The first-order valence-electron chi connectivity index (χ1n) is 6.60. The van der Waals surface area contributed by atoms with Crippen molar-refractivity contribution >= 4 is 0 Å². The van der Waals surface area contributed by atoms with Crippen LogP contribution in [0.3, 0.4) is 0 Å². The quantitative estimate of drug-likeness (QED) is 0.858. The third-order valence-electron chi connectivity index (χ3n) is 3.32. The first-order chi connectivity index (χ1) is 8.99. The monoisotopic (exact) mass is 263 g/mol. The maximum Gasteiger partial charge on any atom is 0.123 e. The predicted molar refractivity (Wildman–Crippen MR) is 74.8 cm³/mol. The first-order valence-corrected chi connectivity index (χ1v) is 6.60. The number of hydrogen-bond donors (Lipinski definition) is 1. The Kier molecular flexibility index (Phi) is 5.94. The number of hydrogen-bond acceptors (Lipinski definition) is 3. The number of likely N-dealkylation sites (N-methyl/N-ethyl adjacent to an activating group) is 1. The van der Waals surface area contributed by atoms with E-state index in [0.717, 1.165) is 12.0 Å². The van der Waals surface area contributed by atoms with E-state index in [1.807, 2.05) is 31.9 Å². The van der Waals surface area contributed by atoms with Crippen molar-refractivity contribution in [3.05, 3.63) is 35.6 Å². The summed E-state index contributed by atoms with van der Waals surface area (Å²) in [6.07, 6.45) is 0.798. The lowest BCUT2D eigenvalue weighted by Crippen LogP contribution is -2.40. The number of nitriles is 1. The smallest absolute Gasteiger partial charge is 0.123 e. The average molecular weight is 263 g/mol. The summed E-state index contributed by atoms with van der Waals surface area (Å²) in [6.45, 7) is 4.50. The lowest BCUT2D eigenvalue weighted by atomic mass is 9.96. The van der Waals surface area contributed by atoms with Crippen LogP contribution in [0.2, 0.25) is 0 Å². The maximum absolute atomic E-state index is 13.4. The molecule has 0 aromatic heterocycles. The molecule has 1 rings (SSSR count). The van der Waals surface area contributed by atoms with Crippen molar-refractivity contribution in [1.82, 2.24) is 4.90 Å². The molecule has 0 aliphatic carbocycles. The van der Waals surface area contributed by atoms with E-state index in [1.165, 1.54) is 12.1 Å². The van der Waals surface area contributed by atoms with Crippen LogP contribution in [0.15, 0.2) is 24.3 Å². The van der Waals surface area contributed by atoms with Gasteiger partial charge < -0.3 is 5.73 Å². The van der Waals surface area contributed by atoms with Gasteiger partial charge in [-0.2, -0.15) is 5.26 Å². The molecule has 4 heteroatoms. The van der Waals surface area contributed by atoms with E-state index in [4.69, 9.17) is 11.0 Å². The molecule has 3 nitrogen and oxygen atoms in total. The van der Waals surface area contributed by atoms with Crippen molar-refractivity contribution in [2.45, 2.75) is 32.4 Å². The van der Waals surface area contributed by atoms with Gasteiger partial charge in [0.05, 0.1) is 12.0 Å². The maximum atomic E-state index is 13.4. The molecule has 0 radical (unpaired) electrons. The first kappa shape index (κ1) is 15.6. The molecule has 104 valence electrons. The highest BCUT2D eigenvalue weighted by molar-refractivity contribution is 5.22. The molecule has 3 unspecified atom stereocenters. The summed E-state index contributed by atoms with van der Waals surface area (Å²) in [6, 6.07) is 8.59. The van der Waals surface area contributed by atoms with Crippen molar-refractivity contribution < 1.29 is 4.39 Å². The normalized spacial score (nSPS) is 15.8. The number of halogens is 1. The molecule has 0 aliphatic rings.